The average molecular weight is 364 g/mol. The third-order valence-electron chi connectivity index (χ3n) is 4.27. The first kappa shape index (κ1) is 19.2. The van der Waals surface area contributed by atoms with Crippen LogP contribution in [0.4, 0.5) is 0 Å². The highest BCUT2D eigenvalue weighted by Crippen LogP contribution is 2.20. The van der Waals surface area contributed by atoms with Crippen LogP contribution in [0.1, 0.15) is 31.9 Å². The van der Waals surface area contributed by atoms with Crippen LogP contribution in [0.2, 0.25) is 0 Å². The molecular weight excluding hydrogens is 336 g/mol. The number of β-amino-alcohol motifs (C(OH)–C–C–N with tert-alkyl or cyclic N) is 1. The molecule has 1 heterocycles. The van der Waals surface area contributed by atoms with Crippen molar-refractivity contribution in [2.45, 2.75) is 32.4 Å². The maximum atomic E-state index is 10.0. The average Bonchev–Trinajstić information content (AvgIpc) is 3.12. The van der Waals surface area contributed by atoms with Gasteiger partial charge in [-0.25, -0.2) is 0 Å². The van der Waals surface area contributed by atoms with Crippen molar-refractivity contribution in [1.82, 2.24) is 10.3 Å². The van der Waals surface area contributed by atoms with Crippen molar-refractivity contribution in [2.24, 2.45) is 0 Å². The van der Waals surface area contributed by atoms with Crippen LogP contribution in [0, 0.1) is 0 Å². The summed E-state index contributed by atoms with van der Waals surface area (Å²) in [6, 6.07) is 16.2. The zero-order chi connectivity index (χ0) is 19.3. The lowest BCUT2D eigenvalue weighted by Crippen LogP contribution is -2.42. The molecule has 3 N–H and O–H groups in total. The van der Waals surface area contributed by atoms with Gasteiger partial charge in [0.25, 0.3) is 0 Å². The second kappa shape index (κ2) is 8.42. The molecular formula is C23H28N2O2. The fraction of sp³-hybridized carbons (Fsp3) is 0.304. The second-order valence-electron chi connectivity index (χ2n) is 7.78. The highest BCUT2D eigenvalue weighted by Gasteiger charge is 2.12. The van der Waals surface area contributed by atoms with E-state index < -0.39 is 6.10 Å². The van der Waals surface area contributed by atoms with Crippen molar-refractivity contribution >= 4 is 23.1 Å². The van der Waals surface area contributed by atoms with Gasteiger partial charge in [-0.15, -0.1) is 0 Å². The molecule has 4 nitrogen and oxygen atoms in total. The monoisotopic (exact) mass is 364 g/mol. The number of ether oxygens (including phenoxy) is 1. The number of aliphatic hydroxyl groups is 1. The number of aliphatic hydroxyl groups excluding tert-OH is 1. The predicted octanol–water partition coefficient (Wildman–Crippen LogP) is 4.47. The topological polar surface area (TPSA) is 57.3 Å². The van der Waals surface area contributed by atoms with Gasteiger partial charge in [0.1, 0.15) is 18.5 Å². The fourth-order valence-electron chi connectivity index (χ4n) is 2.79. The summed E-state index contributed by atoms with van der Waals surface area (Å²) in [7, 11) is 0. The maximum absolute atomic E-state index is 10.0. The van der Waals surface area contributed by atoms with E-state index in [9.17, 15) is 5.11 Å². The number of rotatable bonds is 7. The molecule has 0 radical (unpaired) electrons. The Kier molecular flexibility index (Phi) is 5.99. The van der Waals surface area contributed by atoms with E-state index >= 15 is 0 Å². The largest absolute Gasteiger partial charge is 0.491 e. The smallest absolute Gasteiger partial charge is 0.119 e. The molecule has 3 rings (SSSR count). The molecule has 3 aromatic rings. The number of hydrogen-bond donors (Lipinski definition) is 3. The number of aromatic amines is 1. The van der Waals surface area contributed by atoms with Gasteiger partial charge in [-0.05, 0) is 56.2 Å². The van der Waals surface area contributed by atoms with E-state index in [1.165, 1.54) is 10.9 Å². The Morgan fingerprint density at radius 2 is 1.85 bits per heavy atom. The zero-order valence-electron chi connectivity index (χ0n) is 16.2. The summed E-state index contributed by atoms with van der Waals surface area (Å²) < 4.78 is 5.68. The summed E-state index contributed by atoms with van der Waals surface area (Å²) in [5, 5.41) is 14.5. The van der Waals surface area contributed by atoms with E-state index in [4.69, 9.17) is 4.74 Å². The second-order valence-corrected chi connectivity index (χ2v) is 7.78. The van der Waals surface area contributed by atoms with Crippen LogP contribution in [-0.2, 0) is 0 Å². The number of hydrogen-bond acceptors (Lipinski definition) is 3. The van der Waals surface area contributed by atoms with Crippen molar-refractivity contribution in [3.63, 3.8) is 0 Å². The van der Waals surface area contributed by atoms with Crippen LogP contribution in [-0.4, -0.2) is 34.9 Å². The van der Waals surface area contributed by atoms with E-state index in [1.54, 1.807) is 0 Å². The summed E-state index contributed by atoms with van der Waals surface area (Å²) in [5.74, 6) is 0.759. The van der Waals surface area contributed by atoms with Gasteiger partial charge < -0.3 is 20.1 Å². The summed E-state index contributed by atoms with van der Waals surface area (Å²) in [4.78, 5) is 3.23. The van der Waals surface area contributed by atoms with Crippen LogP contribution in [0.5, 0.6) is 5.75 Å². The summed E-state index contributed by atoms with van der Waals surface area (Å²) in [5.41, 5.74) is 3.41. The molecule has 0 bridgehead atoms. The Morgan fingerprint density at radius 3 is 2.59 bits per heavy atom. The molecule has 1 atom stereocenters. The molecule has 1 unspecified atom stereocenters. The van der Waals surface area contributed by atoms with Gasteiger partial charge >= 0.3 is 0 Å². The Hall–Kier alpha value is -2.56. The van der Waals surface area contributed by atoms with Gasteiger partial charge in [0, 0.05) is 29.2 Å². The predicted molar refractivity (Wildman–Crippen MR) is 113 cm³/mol. The molecule has 0 saturated heterocycles. The number of H-pyrrole nitrogens is 1. The molecule has 142 valence electrons. The third kappa shape index (κ3) is 5.71. The Bertz CT molecular complexity index is 889. The van der Waals surface area contributed by atoms with Crippen molar-refractivity contribution < 1.29 is 9.84 Å². The lowest BCUT2D eigenvalue weighted by molar-refractivity contribution is 0.100. The van der Waals surface area contributed by atoms with Crippen LogP contribution in [0.15, 0.2) is 54.7 Å². The van der Waals surface area contributed by atoms with Gasteiger partial charge in [-0.3, -0.25) is 0 Å². The zero-order valence-corrected chi connectivity index (χ0v) is 16.2. The number of fused-ring (bicyclic) bond motifs is 1. The van der Waals surface area contributed by atoms with Gasteiger partial charge in [-0.1, -0.05) is 36.4 Å². The van der Waals surface area contributed by atoms with E-state index in [0.717, 1.165) is 16.8 Å². The summed E-state index contributed by atoms with van der Waals surface area (Å²) in [6.07, 6.45) is 5.63. The van der Waals surface area contributed by atoms with E-state index in [-0.39, 0.29) is 12.1 Å². The molecule has 0 fully saturated rings. The summed E-state index contributed by atoms with van der Waals surface area (Å²) in [6.45, 7) is 7.00. The standard InChI is InChI=1S/C23H28N2O2/c1-23(2,3)25-15-19(26)16-27-20-11-8-17(9-12-20)7-10-18-5-4-6-22-21(18)13-14-24-22/h4-14,19,24-26H,15-16H2,1-3H3/b10-7+. The first-order valence-electron chi connectivity index (χ1n) is 9.31. The lowest BCUT2D eigenvalue weighted by atomic mass is 10.1. The van der Waals surface area contributed by atoms with Gasteiger partial charge in [0.15, 0.2) is 0 Å². The van der Waals surface area contributed by atoms with Gasteiger partial charge in [0.05, 0.1) is 0 Å². The number of aromatic nitrogens is 1. The van der Waals surface area contributed by atoms with Crippen molar-refractivity contribution in [3.05, 3.63) is 65.9 Å². The molecule has 0 amide bonds. The summed E-state index contributed by atoms with van der Waals surface area (Å²) >= 11 is 0. The minimum Gasteiger partial charge on any atom is -0.491 e. The minimum absolute atomic E-state index is 0.0142. The molecule has 4 heteroatoms. The van der Waals surface area contributed by atoms with Gasteiger partial charge in [0.2, 0.25) is 0 Å². The molecule has 27 heavy (non-hydrogen) atoms. The molecule has 1 aromatic heterocycles. The molecule has 0 aliphatic carbocycles. The number of nitrogens with one attached hydrogen (secondary N) is 2. The molecule has 0 aliphatic rings. The van der Waals surface area contributed by atoms with Crippen LogP contribution < -0.4 is 10.1 Å². The third-order valence-corrected chi connectivity index (χ3v) is 4.27. The van der Waals surface area contributed by atoms with E-state index in [2.05, 4.69) is 67.5 Å². The lowest BCUT2D eigenvalue weighted by Gasteiger charge is -2.22. The van der Waals surface area contributed by atoms with Crippen LogP contribution >= 0.6 is 0 Å². The first-order chi connectivity index (χ1) is 12.9. The fourth-order valence-corrected chi connectivity index (χ4v) is 2.79. The molecule has 0 aliphatic heterocycles. The van der Waals surface area contributed by atoms with Crippen LogP contribution in [0.3, 0.4) is 0 Å². The molecule has 0 saturated carbocycles. The highest BCUT2D eigenvalue weighted by molar-refractivity contribution is 5.91. The molecule has 0 spiro atoms. The van der Waals surface area contributed by atoms with Crippen molar-refractivity contribution in [2.75, 3.05) is 13.2 Å². The normalized spacial score (nSPS) is 13.3. The quantitative estimate of drug-likeness (QED) is 0.542. The SMILES string of the molecule is CC(C)(C)NCC(O)COc1ccc(/C=C/c2cccc3[nH]ccc23)cc1. The van der Waals surface area contributed by atoms with E-state index in [1.807, 2.05) is 30.5 Å². The Morgan fingerprint density at radius 1 is 1.07 bits per heavy atom. The van der Waals surface area contributed by atoms with Crippen molar-refractivity contribution in [1.29, 1.82) is 0 Å². The highest BCUT2D eigenvalue weighted by atomic mass is 16.5. The van der Waals surface area contributed by atoms with E-state index in [0.29, 0.717) is 6.54 Å². The number of benzene rings is 2. The Balaban J connectivity index is 1.55. The minimum atomic E-state index is -0.536. The Labute approximate surface area is 160 Å². The van der Waals surface area contributed by atoms with Crippen molar-refractivity contribution in [3.8, 4) is 5.75 Å². The van der Waals surface area contributed by atoms with Gasteiger partial charge in [-0.2, -0.15) is 0 Å². The van der Waals surface area contributed by atoms with Crippen LogP contribution in [0.25, 0.3) is 23.1 Å². The first-order valence-corrected chi connectivity index (χ1v) is 9.31. The molecule has 2 aromatic carbocycles. The maximum Gasteiger partial charge on any atom is 0.119 e.